The minimum absolute atomic E-state index is 0.0179. The van der Waals surface area contributed by atoms with E-state index in [1.54, 1.807) is 30.3 Å². The van der Waals surface area contributed by atoms with Crippen molar-refractivity contribution in [2.24, 2.45) is 0 Å². The Hall–Kier alpha value is -1.66. The Morgan fingerprint density at radius 3 is 2.43 bits per heavy atom. The van der Waals surface area contributed by atoms with Crippen LogP contribution in [0.25, 0.3) is 0 Å². The van der Waals surface area contributed by atoms with E-state index in [9.17, 15) is 4.39 Å². The van der Waals surface area contributed by atoms with Crippen LogP contribution in [0.5, 0.6) is 11.5 Å². The summed E-state index contributed by atoms with van der Waals surface area (Å²) in [6, 6.07) is 13.4. The van der Waals surface area contributed by atoms with Gasteiger partial charge in [-0.15, -0.1) is 0 Å². The molecule has 0 amide bonds. The molecule has 0 atom stereocenters. The normalized spacial score (nSPS) is 10.7. The monoisotopic (exact) mass is 531 g/mol. The fourth-order valence-corrected chi connectivity index (χ4v) is 3.89. The molecule has 0 saturated heterocycles. The van der Waals surface area contributed by atoms with Gasteiger partial charge in [-0.1, -0.05) is 56.8 Å². The average molecular weight is 534 g/mol. The highest BCUT2D eigenvalue weighted by Crippen LogP contribution is 2.36. The van der Waals surface area contributed by atoms with Gasteiger partial charge in [0.05, 0.1) is 22.3 Å². The number of halogens is 5. The van der Waals surface area contributed by atoms with Gasteiger partial charge in [0, 0.05) is 21.6 Å². The van der Waals surface area contributed by atoms with E-state index in [1.807, 2.05) is 19.1 Å². The van der Waals surface area contributed by atoms with Gasteiger partial charge in [0.25, 0.3) is 0 Å². The molecule has 0 unspecified atom stereocenters. The smallest absolute Gasteiger partial charge is 0.162 e. The summed E-state index contributed by atoms with van der Waals surface area (Å²) in [6.45, 7) is 2.80. The quantitative estimate of drug-likeness (QED) is 0.317. The molecule has 0 aliphatic carbocycles. The van der Waals surface area contributed by atoms with E-state index >= 15 is 0 Å². The first-order chi connectivity index (χ1) is 14.4. The molecule has 0 saturated carbocycles. The molecule has 0 aromatic heterocycles. The molecule has 0 spiro atoms. The van der Waals surface area contributed by atoms with Crippen LogP contribution >= 0.6 is 50.7 Å². The van der Waals surface area contributed by atoms with Gasteiger partial charge >= 0.3 is 0 Å². The summed E-state index contributed by atoms with van der Waals surface area (Å²) >= 11 is 21.8. The van der Waals surface area contributed by atoms with Crippen LogP contribution in [-0.4, -0.2) is 6.61 Å². The van der Waals surface area contributed by atoms with Crippen molar-refractivity contribution in [3.05, 3.63) is 85.0 Å². The van der Waals surface area contributed by atoms with Crippen LogP contribution in [0.4, 0.5) is 10.1 Å². The first-order valence-corrected chi connectivity index (χ1v) is 11.0. The number of benzene rings is 3. The molecule has 0 aliphatic rings. The summed E-state index contributed by atoms with van der Waals surface area (Å²) in [5, 5.41) is 4.69. The van der Waals surface area contributed by atoms with Crippen LogP contribution in [0.3, 0.4) is 0 Å². The zero-order valence-corrected chi connectivity index (χ0v) is 19.8. The van der Waals surface area contributed by atoms with E-state index in [-0.39, 0.29) is 6.61 Å². The summed E-state index contributed by atoms with van der Waals surface area (Å²) < 4.78 is 26.4. The molecular formula is C22H18BrCl3FNO2. The molecule has 158 valence electrons. The van der Waals surface area contributed by atoms with E-state index in [2.05, 4.69) is 21.2 Å². The third-order valence-electron chi connectivity index (χ3n) is 4.25. The number of ether oxygens (including phenoxy) is 2. The highest BCUT2D eigenvalue weighted by Gasteiger charge is 2.14. The molecule has 3 aromatic carbocycles. The maximum Gasteiger partial charge on any atom is 0.162 e. The van der Waals surface area contributed by atoms with Crippen molar-refractivity contribution in [3.8, 4) is 11.5 Å². The molecule has 0 heterocycles. The molecule has 0 bridgehead atoms. The van der Waals surface area contributed by atoms with Crippen LogP contribution in [0.1, 0.15) is 18.1 Å². The van der Waals surface area contributed by atoms with Crippen molar-refractivity contribution >= 4 is 56.4 Å². The van der Waals surface area contributed by atoms with Crippen molar-refractivity contribution in [2.75, 3.05) is 11.9 Å². The number of hydrogen-bond acceptors (Lipinski definition) is 3. The molecule has 8 heteroatoms. The lowest BCUT2D eigenvalue weighted by Gasteiger charge is -2.16. The number of hydrogen-bond donors (Lipinski definition) is 1. The zero-order valence-electron chi connectivity index (χ0n) is 15.9. The molecule has 3 nitrogen and oxygen atoms in total. The molecule has 0 fully saturated rings. The lowest BCUT2D eigenvalue weighted by molar-refractivity contribution is 0.265. The predicted molar refractivity (Wildman–Crippen MR) is 125 cm³/mol. The Bertz CT molecular complexity index is 1030. The fraction of sp³-hybridized carbons (Fsp3) is 0.182. The first-order valence-electron chi connectivity index (χ1n) is 9.09. The number of nitrogens with one attached hydrogen (secondary N) is 1. The highest BCUT2D eigenvalue weighted by molar-refractivity contribution is 9.10. The second-order valence-electron chi connectivity index (χ2n) is 6.29. The largest absolute Gasteiger partial charge is 0.490 e. The topological polar surface area (TPSA) is 30.5 Å². The van der Waals surface area contributed by atoms with Crippen molar-refractivity contribution in [3.63, 3.8) is 0 Å². The van der Waals surface area contributed by atoms with Crippen molar-refractivity contribution in [2.45, 2.75) is 20.1 Å². The number of anilines is 1. The van der Waals surface area contributed by atoms with Crippen LogP contribution in [0, 0.1) is 5.82 Å². The highest BCUT2D eigenvalue weighted by atomic mass is 79.9. The van der Waals surface area contributed by atoms with Crippen molar-refractivity contribution in [1.29, 1.82) is 0 Å². The van der Waals surface area contributed by atoms with Crippen LogP contribution in [0.15, 0.2) is 53.0 Å². The van der Waals surface area contributed by atoms with E-state index in [4.69, 9.17) is 44.3 Å². The van der Waals surface area contributed by atoms with E-state index in [1.165, 1.54) is 6.07 Å². The van der Waals surface area contributed by atoms with Crippen LogP contribution < -0.4 is 14.8 Å². The second kappa shape index (κ2) is 10.6. The summed E-state index contributed by atoms with van der Waals surface area (Å²) in [6.07, 6.45) is 0. The van der Waals surface area contributed by atoms with Crippen molar-refractivity contribution in [1.82, 2.24) is 0 Å². The SMILES string of the molecule is CCOc1cc(CNc2ccc(Cl)cc2Cl)c(Br)cc1OCc1c(F)cccc1Cl. The van der Waals surface area contributed by atoms with Gasteiger partial charge in [-0.2, -0.15) is 0 Å². The molecule has 30 heavy (non-hydrogen) atoms. The van der Waals surface area contributed by atoms with Crippen molar-refractivity contribution < 1.29 is 13.9 Å². The standard InChI is InChI=1S/C22H18BrCl3FNO2/c1-2-29-21-8-13(11-28-20-7-6-14(24)9-18(20)26)16(23)10-22(21)30-12-15-17(25)4-3-5-19(15)27/h3-10,28H,2,11-12H2,1H3. The third kappa shape index (κ3) is 5.73. The maximum atomic E-state index is 14.0. The fourth-order valence-electron chi connectivity index (χ4n) is 2.74. The molecule has 1 N–H and O–H groups in total. The average Bonchev–Trinajstić information content (AvgIpc) is 2.69. The Morgan fingerprint density at radius 1 is 0.967 bits per heavy atom. The van der Waals surface area contributed by atoms with E-state index in [0.717, 1.165) is 15.7 Å². The van der Waals surface area contributed by atoms with Gasteiger partial charge in [0.15, 0.2) is 11.5 Å². The minimum atomic E-state index is -0.416. The van der Waals surface area contributed by atoms with Gasteiger partial charge < -0.3 is 14.8 Å². The van der Waals surface area contributed by atoms with Gasteiger partial charge in [0.2, 0.25) is 0 Å². The summed E-state index contributed by atoms with van der Waals surface area (Å²) in [7, 11) is 0. The van der Waals surface area contributed by atoms with Crippen LogP contribution in [0.2, 0.25) is 15.1 Å². The maximum absolute atomic E-state index is 14.0. The summed E-state index contributed by atoms with van der Waals surface area (Å²) in [4.78, 5) is 0. The first kappa shape index (κ1) is 23.0. The second-order valence-corrected chi connectivity index (χ2v) is 8.40. The van der Waals surface area contributed by atoms with E-state index in [0.29, 0.717) is 45.3 Å². The Balaban J connectivity index is 1.79. The zero-order chi connectivity index (χ0) is 21.7. The van der Waals surface area contributed by atoms with E-state index < -0.39 is 5.82 Å². The van der Waals surface area contributed by atoms with Gasteiger partial charge in [0.1, 0.15) is 12.4 Å². The van der Waals surface area contributed by atoms with Gasteiger partial charge in [-0.05, 0) is 55.0 Å². The molecular weight excluding hydrogens is 516 g/mol. The molecule has 0 radical (unpaired) electrons. The van der Waals surface area contributed by atoms with Crippen LogP contribution in [-0.2, 0) is 13.2 Å². The lowest BCUT2D eigenvalue weighted by Crippen LogP contribution is -2.05. The molecule has 0 aliphatic heterocycles. The third-order valence-corrected chi connectivity index (χ3v) is 5.89. The summed E-state index contributed by atoms with van der Waals surface area (Å²) in [5.41, 5.74) is 1.99. The van der Waals surface area contributed by atoms with Gasteiger partial charge in [-0.25, -0.2) is 4.39 Å². The lowest BCUT2D eigenvalue weighted by atomic mass is 10.2. The molecule has 3 aromatic rings. The Labute approximate surface area is 198 Å². The minimum Gasteiger partial charge on any atom is -0.490 e. The Morgan fingerprint density at radius 2 is 1.73 bits per heavy atom. The Kier molecular flexibility index (Phi) is 8.12. The summed E-state index contributed by atoms with van der Waals surface area (Å²) in [5.74, 6) is 0.615. The predicted octanol–water partition coefficient (Wildman–Crippen LogP) is 8.14. The number of rotatable bonds is 8. The van der Waals surface area contributed by atoms with Gasteiger partial charge in [-0.3, -0.25) is 0 Å². The molecule has 3 rings (SSSR count).